The Bertz CT molecular complexity index is 382. The van der Waals surface area contributed by atoms with Gasteiger partial charge >= 0.3 is 0 Å². The second kappa shape index (κ2) is 5.53. The van der Waals surface area contributed by atoms with Gasteiger partial charge in [-0.15, -0.1) is 0 Å². The van der Waals surface area contributed by atoms with E-state index in [1.54, 1.807) is 0 Å². The molecule has 0 bridgehead atoms. The molecule has 1 aromatic heterocycles. The van der Waals surface area contributed by atoms with Crippen molar-refractivity contribution in [1.82, 2.24) is 14.3 Å². The Morgan fingerprint density at radius 1 is 1.28 bits per heavy atom. The highest BCUT2D eigenvalue weighted by molar-refractivity contribution is 7.09. The van der Waals surface area contributed by atoms with Crippen LogP contribution in [-0.4, -0.2) is 40.4 Å². The molecule has 0 aromatic carbocycles. The minimum atomic E-state index is 0.665. The van der Waals surface area contributed by atoms with Crippen LogP contribution in [-0.2, 0) is 0 Å². The highest BCUT2D eigenvalue weighted by atomic mass is 32.1. The third kappa shape index (κ3) is 3.01. The Kier molecular flexibility index (Phi) is 3.80. The molecular formula is C13H22N4S. The van der Waals surface area contributed by atoms with E-state index in [9.17, 15) is 0 Å². The Labute approximate surface area is 113 Å². The molecule has 0 atom stereocenters. The molecular weight excluding hydrogens is 244 g/mol. The molecule has 2 fully saturated rings. The summed E-state index contributed by atoms with van der Waals surface area (Å²) in [5.74, 6) is 1.73. The van der Waals surface area contributed by atoms with Crippen LogP contribution < -0.4 is 5.32 Å². The summed E-state index contributed by atoms with van der Waals surface area (Å²) in [5.41, 5.74) is 0. The van der Waals surface area contributed by atoms with Crippen LogP contribution in [0.5, 0.6) is 0 Å². The molecule has 18 heavy (non-hydrogen) atoms. The topological polar surface area (TPSA) is 41.0 Å². The van der Waals surface area contributed by atoms with Crippen molar-refractivity contribution in [2.45, 2.75) is 50.5 Å². The molecule has 0 saturated heterocycles. The molecule has 4 nitrogen and oxygen atoms in total. The van der Waals surface area contributed by atoms with Gasteiger partial charge < -0.3 is 10.2 Å². The zero-order valence-electron chi connectivity index (χ0n) is 11.1. The van der Waals surface area contributed by atoms with Crippen molar-refractivity contribution in [3.8, 4) is 0 Å². The van der Waals surface area contributed by atoms with Crippen molar-refractivity contribution in [3.63, 3.8) is 0 Å². The van der Waals surface area contributed by atoms with Crippen LogP contribution in [0.15, 0.2) is 0 Å². The van der Waals surface area contributed by atoms with Crippen molar-refractivity contribution in [2.24, 2.45) is 0 Å². The first kappa shape index (κ1) is 12.4. The van der Waals surface area contributed by atoms with Gasteiger partial charge in [0.05, 0.1) is 0 Å². The van der Waals surface area contributed by atoms with E-state index >= 15 is 0 Å². The maximum atomic E-state index is 4.54. The van der Waals surface area contributed by atoms with Crippen molar-refractivity contribution in [1.29, 1.82) is 0 Å². The van der Waals surface area contributed by atoms with Crippen molar-refractivity contribution >= 4 is 16.7 Å². The lowest BCUT2D eigenvalue weighted by atomic mass is 10.2. The van der Waals surface area contributed by atoms with E-state index in [1.165, 1.54) is 50.1 Å². The third-order valence-corrected chi connectivity index (χ3v) is 4.76. The number of aromatic nitrogens is 2. The van der Waals surface area contributed by atoms with Gasteiger partial charge in [-0.3, -0.25) is 0 Å². The van der Waals surface area contributed by atoms with E-state index in [1.807, 2.05) is 0 Å². The highest BCUT2D eigenvalue weighted by Gasteiger charge is 2.27. The fourth-order valence-electron chi connectivity index (χ4n) is 2.68. The Morgan fingerprint density at radius 3 is 2.78 bits per heavy atom. The van der Waals surface area contributed by atoms with E-state index in [0.717, 1.165) is 30.1 Å². The van der Waals surface area contributed by atoms with Gasteiger partial charge in [-0.25, -0.2) is 4.98 Å². The second-order valence-electron chi connectivity index (χ2n) is 5.58. The van der Waals surface area contributed by atoms with Crippen LogP contribution >= 0.6 is 11.5 Å². The highest BCUT2D eigenvalue weighted by Crippen LogP contribution is 2.39. The number of nitrogens with one attached hydrogen (secondary N) is 1. The van der Waals surface area contributed by atoms with Crippen molar-refractivity contribution < 1.29 is 0 Å². The normalized spacial score (nSPS) is 20.8. The minimum absolute atomic E-state index is 0.665. The molecule has 1 N–H and O–H groups in total. The van der Waals surface area contributed by atoms with Gasteiger partial charge in [0, 0.05) is 36.6 Å². The lowest BCUT2D eigenvalue weighted by Gasteiger charge is -2.23. The van der Waals surface area contributed by atoms with Gasteiger partial charge in [0.15, 0.2) is 0 Å². The number of nitrogens with zero attached hydrogens (tertiary/aromatic N) is 3. The van der Waals surface area contributed by atoms with E-state index < -0.39 is 0 Å². The SMILES string of the molecule is CN(CCNc1nc(C2CC2)ns1)C1CCCC1. The summed E-state index contributed by atoms with van der Waals surface area (Å²) in [4.78, 5) is 7.03. The Morgan fingerprint density at radius 2 is 2.06 bits per heavy atom. The fourth-order valence-corrected chi connectivity index (χ4v) is 3.35. The van der Waals surface area contributed by atoms with Crippen LogP contribution in [0.2, 0.25) is 0 Å². The molecule has 1 heterocycles. The Hall–Kier alpha value is -0.680. The molecule has 2 saturated carbocycles. The summed E-state index contributed by atoms with van der Waals surface area (Å²) in [6.45, 7) is 2.08. The van der Waals surface area contributed by atoms with E-state index in [0.29, 0.717) is 5.92 Å². The molecule has 1 aromatic rings. The van der Waals surface area contributed by atoms with E-state index in [-0.39, 0.29) is 0 Å². The summed E-state index contributed by atoms with van der Waals surface area (Å²) >= 11 is 1.51. The van der Waals surface area contributed by atoms with Crippen LogP contribution in [0.4, 0.5) is 5.13 Å². The minimum Gasteiger partial charge on any atom is -0.359 e. The molecule has 0 spiro atoms. The lowest BCUT2D eigenvalue weighted by Crippen LogP contribution is -2.33. The maximum Gasteiger partial charge on any atom is 0.202 e. The lowest BCUT2D eigenvalue weighted by molar-refractivity contribution is 0.254. The van der Waals surface area contributed by atoms with Gasteiger partial charge in [-0.05, 0) is 32.7 Å². The molecule has 100 valence electrons. The van der Waals surface area contributed by atoms with E-state index in [4.69, 9.17) is 0 Å². The number of hydrogen-bond donors (Lipinski definition) is 1. The average molecular weight is 266 g/mol. The maximum absolute atomic E-state index is 4.54. The number of rotatable bonds is 6. The summed E-state index contributed by atoms with van der Waals surface area (Å²) in [5, 5.41) is 4.40. The summed E-state index contributed by atoms with van der Waals surface area (Å²) in [6, 6.07) is 0.809. The van der Waals surface area contributed by atoms with E-state index in [2.05, 4.69) is 26.6 Å². The van der Waals surface area contributed by atoms with Gasteiger partial charge in [0.1, 0.15) is 5.82 Å². The molecule has 5 heteroatoms. The van der Waals surface area contributed by atoms with Gasteiger partial charge in [0.2, 0.25) is 5.13 Å². The summed E-state index contributed by atoms with van der Waals surface area (Å²) in [7, 11) is 2.24. The van der Waals surface area contributed by atoms with Crippen LogP contribution in [0.3, 0.4) is 0 Å². The molecule has 0 unspecified atom stereocenters. The smallest absolute Gasteiger partial charge is 0.202 e. The van der Waals surface area contributed by atoms with Gasteiger partial charge in [0.25, 0.3) is 0 Å². The average Bonchev–Trinajstić information content (AvgIpc) is 2.92. The first-order valence-electron chi connectivity index (χ1n) is 7.10. The first-order valence-corrected chi connectivity index (χ1v) is 7.88. The van der Waals surface area contributed by atoms with Gasteiger partial charge in [-0.1, -0.05) is 12.8 Å². The molecule has 0 aliphatic heterocycles. The largest absolute Gasteiger partial charge is 0.359 e. The summed E-state index contributed by atoms with van der Waals surface area (Å²) in [6.07, 6.45) is 8.12. The molecule has 0 amide bonds. The van der Waals surface area contributed by atoms with Crippen LogP contribution in [0, 0.1) is 0 Å². The van der Waals surface area contributed by atoms with Crippen LogP contribution in [0.1, 0.15) is 50.3 Å². The zero-order valence-corrected chi connectivity index (χ0v) is 11.9. The zero-order chi connectivity index (χ0) is 12.4. The number of anilines is 1. The predicted octanol–water partition coefficient (Wildman–Crippen LogP) is 2.70. The Balaban J connectivity index is 1.40. The first-order chi connectivity index (χ1) is 8.83. The molecule has 0 radical (unpaired) electrons. The van der Waals surface area contributed by atoms with Crippen molar-refractivity contribution in [3.05, 3.63) is 5.82 Å². The summed E-state index contributed by atoms with van der Waals surface area (Å²) < 4.78 is 4.41. The standard InChI is InChI=1S/C13H22N4S/c1-17(11-4-2-3-5-11)9-8-14-13-15-12(16-18-13)10-6-7-10/h10-11H,2-9H2,1H3,(H,14,15,16). The van der Waals surface area contributed by atoms with Crippen LogP contribution in [0.25, 0.3) is 0 Å². The quantitative estimate of drug-likeness (QED) is 0.859. The second-order valence-corrected chi connectivity index (χ2v) is 6.33. The third-order valence-electron chi connectivity index (χ3n) is 4.07. The monoisotopic (exact) mass is 266 g/mol. The molecule has 2 aliphatic carbocycles. The molecule has 3 rings (SSSR count). The fraction of sp³-hybridized carbons (Fsp3) is 0.846. The predicted molar refractivity (Wildman–Crippen MR) is 75.3 cm³/mol. The number of likely N-dealkylation sites (N-methyl/N-ethyl adjacent to an activating group) is 1. The number of hydrogen-bond acceptors (Lipinski definition) is 5. The molecule has 2 aliphatic rings. The van der Waals surface area contributed by atoms with Crippen molar-refractivity contribution in [2.75, 3.05) is 25.5 Å². The van der Waals surface area contributed by atoms with Gasteiger partial charge in [-0.2, -0.15) is 4.37 Å².